The Kier molecular flexibility index (Phi) is 11.8. The van der Waals surface area contributed by atoms with Crippen LogP contribution in [0.2, 0.25) is 0 Å². The average Bonchev–Trinajstić information content (AvgIpc) is 2.62. The highest BCUT2D eigenvalue weighted by atomic mass is 16.6. The SMILES string of the molecule is CCCCCCC/C=C/[C@@H]1OC[C@H](C)C(OCCC)[C@@H]1OC(=O)CN. The first kappa shape index (κ1) is 22.1. The van der Waals surface area contributed by atoms with Crippen LogP contribution in [0.1, 0.15) is 65.7 Å². The van der Waals surface area contributed by atoms with E-state index in [0.717, 1.165) is 12.8 Å². The first-order valence-corrected chi connectivity index (χ1v) is 9.93. The highest BCUT2D eigenvalue weighted by molar-refractivity contribution is 5.71. The van der Waals surface area contributed by atoms with E-state index in [1.807, 2.05) is 6.08 Å². The maximum atomic E-state index is 11.7. The van der Waals surface area contributed by atoms with Crippen LogP contribution in [0.5, 0.6) is 0 Å². The molecule has 1 fully saturated rings. The largest absolute Gasteiger partial charge is 0.455 e. The fraction of sp³-hybridized carbons (Fsp3) is 0.850. The molecule has 0 bridgehead atoms. The summed E-state index contributed by atoms with van der Waals surface area (Å²) in [6.07, 6.45) is 11.6. The third-order valence-corrected chi connectivity index (χ3v) is 4.51. The Morgan fingerprint density at radius 3 is 2.60 bits per heavy atom. The quantitative estimate of drug-likeness (QED) is 0.329. The molecule has 0 radical (unpaired) electrons. The number of allylic oxidation sites excluding steroid dienone is 1. The Labute approximate surface area is 153 Å². The number of esters is 1. The minimum Gasteiger partial charge on any atom is -0.455 e. The van der Waals surface area contributed by atoms with Crippen molar-refractivity contribution in [2.45, 2.75) is 84.0 Å². The molecule has 1 saturated heterocycles. The molecule has 0 amide bonds. The Bertz CT molecular complexity index is 386. The van der Waals surface area contributed by atoms with Crippen molar-refractivity contribution in [2.75, 3.05) is 19.8 Å². The van der Waals surface area contributed by atoms with Crippen molar-refractivity contribution in [1.82, 2.24) is 0 Å². The molecule has 0 aromatic heterocycles. The van der Waals surface area contributed by atoms with Gasteiger partial charge in [-0.05, 0) is 19.3 Å². The first-order chi connectivity index (χ1) is 12.1. The van der Waals surface area contributed by atoms with Gasteiger partial charge in [-0.15, -0.1) is 0 Å². The molecule has 4 atom stereocenters. The number of ether oxygens (including phenoxy) is 3. The summed E-state index contributed by atoms with van der Waals surface area (Å²) in [7, 11) is 0. The number of nitrogens with two attached hydrogens (primary N) is 1. The standard InChI is InChI=1S/C20H37NO4/c1-4-6-7-8-9-10-11-12-17-20(25-18(22)14-21)19(23-13-5-2)16(3)15-24-17/h11-12,16-17,19-20H,4-10,13-15,21H2,1-3H3/b12-11+/t16-,17-,19?,20+/m0/s1. The number of hydrogen-bond acceptors (Lipinski definition) is 5. The molecule has 1 rings (SSSR count). The predicted octanol–water partition coefficient (Wildman–Crippen LogP) is 3.60. The molecule has 0 aromatic rings. The molecule has 5 nitrogen and oxygen atoms in total. The molecule has 2 N–H and O–H groups in total. The molecule has 1 heterocycles. The summed E-state index contributed by atoms with van der Waals surface area (Å²) >= 11 is 0. The lowest BCUT2D eigenvalue weighted by Gasteiger charge is -2.39. The van der Waals surface area contributed by atoms with Crippen LogP contribution in [0.15, 0.2) is 12.2 Å². The van der Waals surface area contributed by atoms with Crippen molar-refractivity contribution in [3.8, 4) is 0 Å². The minimum absolute atomic E-state index is 0.126. The van der Waals surface area contributed by atoms with Gasteiger partial charge in [-0.3, -0.25) is 4.79 Å². The number of rotatable bonds is 12. The van der Waals surface area contributed by atoms with E-state index >= 15 is 0 Å². The number of carbonyl (C=O) groups excluding carboxylic acids is 1. The second-order valence-corrected chi connectivity index (χ2v) is 6.90. The van der Waals surface area contributed by atoms with E-state index in [1.165, 1.54) is 32.1 Å². The highest BCUT2D eigenvalue weighted by Gasteiger charge is 2.40. The zero-order valence-electron chi connectivity index (χ0n) is 16.2. The van der Waals surface area contributed by atoms with Crippen LogP contribution >= 0.6 is 0 Å². The van der Waals surface area contributed by atoms with Crippen LogP contribution in [-0.4, -0.2) is 44.0 Å². The van der Waals surface area contributed by atoms with Crippen molar-refractivity contribution < 1.29 is 19.0 Å². The van der Waals surface area contributed by atoms with Crippen LogP contribution in [-0.2, 0) is 19.0 Å². The topological polar surface area (TPSA) is 70.8 Å². The molecule has 1 aliphatic rings. The Balaban J connectivity index is 2.61. The third-order valence-electron chi connectivity index (χ3n) is 4.51. The molecule has 0 aromatic carbocycles. The van der Waals surface area contributed by atoms with Crippen LogP contribution in [0, 0.1) is 5.92 Å². The third kappa shape index (κ3) is 8.34. The smallest absolute Gasteiger partial charge is 0.320 e. The molecule has 5 heteroatoms. The van der Waals surface area contributed by atoms with Gasteiger partial charge in [0.2, 0.25) is 0 Å². The summed E-state index contributed by atoms with van der Waals surface area (Å²) in [4.78, 5) is 11.7. The molecule has 0 spiro atoms. The fourth-order valence-corrected chi connectivity index (χ4v) is 3.07. The molecule has 1 aliphatic heterocycles. The van der Waals surface area contributed by atoms with Gasteiger partial charge in [0.25, 0.3) is 0 Å². The van der Waals surface area contributed by atoms with Crippen molar-refractivity contribution in [3.05, 3.63) is 12.2 Å². The van der Waals surface area contributed by atoms with Crippen LogP contribution in [0.4, 0.5) is 0 Å². The van der Waals surface area contributed by atoms with E-state index in [-0.39, 0.29) is 24.7 Å². The number of hydrogen-bond donors (Lipinski definition) is 1. The molecule has 0 saturated carbocycles. The lowest BCUT2D eigenvalue weighted by Crippen LogP contribution is -2.52. The molecule has 146 valence electrons. The van der Waals surface area contributed by atoms with Gasteiger partial charge < -0.3 is 19.9 Å². The van der Waals surface area contributed by atoms with Gasteiger partial charge in [0.05, 0.1) is 13.2 Å². The summed E-state index contributed by atoms with van der Waals surface area (Å²) in [5.74, 6) is -0.230. The van der Waals surface area contributed by atoms with E-state index in [4.69, 9.17) is 19.9 Å². The van der Waals surface area contributed by atoms with E-state index < -0.39 is 12.1 Å². The normalized spacial score (nSPS) is 26.9. The van der Waals surface area contributed by atoms with Crippen molar-refractivity contribution in [2.24, 2.45) is 11.7 Å². The van der Waals surface area contributed by atoms with E-state index in [2.05, 4.69) is 26.8 Å². The average molecular weight is 356 g/mol. The summed E-state index contributed by atoms with van der Waals surface area (Å²) in [5.41, 5.74) is 5.42. The van der Waals surface area contributed by atoms with Crippen molar-refractivity contribution in [3.63, 3.8) is 0 Å². The summed E-state index contributed by atoms with van der Waals surface area (Å²) in [6, 6.07) is 0. The molecular weight excluding hydrogens is 318 g/mol. The Morgan fingerprint density at radius 2 is 1.92 bits per heavy atom. The Morgan fingerprint density at radius 1 is 1.16 bits per heavy atom. The lowest BCUT2D eigenvalue weighted by molar-refractivity contribution is -0.194. The van der Waals surface area contributed by atoms with Gasteiger partial charge in [0.1, 0.15) is 12.2 Å². The second kappa shape index (κ2) is 13.3. The van der Waals surface area contributed by atoms with Crippen molar-refractivity contribution in [1.29, 1.82) is 0 Å². The summed E-state index contributed by atoms with van der Waals surface area (Å²) in [6.45, 7) is 7.49. The highest BCUT2D eigenvalue weighted by Crippen LogP contribution is 2.27. The van der Waals surface area contributed by atoms with Gasteiger partial charge in [-0.2, -0.15) is 0 Å². The lowest BCUT2D eigenvalue weighted by atomic mass is 9.92. The van der Waals surface area contributed by atoms with Crippen LogP contribution < -0.4 is 5.73 Å². The molecular formula is C20H37NO4. The second-order valence-electron chi connectivity index (χ2n) is 6.90. The van der Waals surface area contributed by atoms with Crippen LogP contribution in [0.3, 0.4) is 0 Å². The van der Waals surface area contributed by atoms with Gasteiger partial charge >= 0.3 is 5.97 Å². The maximum absolute atomic E-state index is 11.7. The van der Waals surface area contributed by atoms with E-state index in [0.29, 0.717) is 13.2 Å². The van der Waals surface area contributed by atoms with Crippen LogP contribution in [0.25, 0.3) is 0 Å². The Hall–Kier alpha value is -0.910. The zero-order valence-corrected chi connectivity index (χ0v) is 16.2. The summed E-state index contributed by atoms with van der Waals surface area (Å²) in [5, 5.41) is 0. The number of unbranched alkanes of at least 4 members (excludes halogenated alkanes) is 5. The monoisotopic (exact) mass is 355 g/mol. The zero-order chi connectivity index (χ0) is 18.5. The van der Waals surface area contributed by atoms with E-state index in [9.17, 15) is 4.79 Å². The first-order valence-electron chi connectivity index (χ1n) is 9.93. The fourth-order valence-electron chi connectivity index (χ4n) is 3.07. The molecule has 25 heavy (non-hydrogen) atoms. The van der Waals surface area contributed by atoms with Gasteiger partial charge in [0, 0.05) is 12.5 Å². The number of carbonyl (C=O) groups is 1. The summed E-state index contributed by atoms with van der Waals surface area (Å²) < 4.78 is 17.5. The molecule has 0 aliphatic carbocycles. The van der Waals surface area contributed by atoms with Gasteiger partial charge in [-0.1, -0.05) is 58.6 Å². The van der Waals surface area contributed by atoms with E-state index in [1.54, 1.807) is 0 Å². The predicted molar refractivity (Wildman–Crippen MR) is 100 cm³/mol. The minimum atomic E-state index is -0.428. The van der Waals surface area contributed by atoms with Gasteiger partial charge in [0.15, 0.2) is 6.10 Å². The van der Waals surface area contributed by atoms with Gasteiger partial charge in [-0.25, -0.2) is 0 Å². The molecule has 1 unspecified atom stereocenters. The van der Waals surface area contributed by atoms with Crippen molar-refractivity contribution >= 4 is 5.97 Å². The maximum Gasteiger partial charge on any atom is 0.320 e.